The molecule has 1 aliphatic carbocycles. The number of nitrogens with zero attached hydrogens (tertiary/aromatic N) is 1. The Bertz CT molecular complexity index is 515. The average Bonchev–Trinajstić information content (AvgIpc) is 2.73. The van der Waals surface area contributed by atoms with E-state index in [4.69, 9.17) is 5.21 Å². The standard InChI is InChI=1S/C15H20N2O2/c1-17-6-2-5-15(10-17)8-12-4-3-11(14(18)16-19)7-13(12)9-15/h3-4,7,19H,2,5-6,8-10H2,1H3,(H,16,18). The molecule has 3 rings (SSSR count). The van der Waals surface area contributed by atoms with Gasteiger partial charge in [-0.2, -0.15) is 0 Å². The minimum atomic E-state index is -0.426. The third kappa shape index (κ3) is 2.26. The number of benzene rings is 1. The lowest BCUT2D eigenvalue weighted by molar-refractivity contribution is 0.0706. The minimum Gasteiger partial charge on any atom is -0.306 e. The van der Waals surface area contributed by atoms with E-state index in [-0.39, 0.29) is 0 Å². The Morgan fingerprint density at radius 3 is 2.89 bits per heavy atom. The van der Waals surface area contributed by atoms with Gasteiger partial charge in [0.15, 0.2) is 0 Å². The maximum atomic E-state index is 11.5. The molecule has 1 heterocycles. The summed E-state index contributed by atoms with van der Waals surface area (Å²) >= 11 is 0. The summed E-state index contributed by atoms with van der Waals surface area (Å²) < 4.78 is 0. The molecule has 1 unspecified atom stereocenters. The first kappa shape index (κ1) is 12.6. The highest BCUT2D eigenvalue weighted by Gasteiger charge is 2.39. The first-order chi connectivity index (χ1) is 9.12. The van der Waals surface area contributed by atoms with Gasteiger partial charge in [-0.05, 0) is 68.0 Å². The molecule has 0 saturated carbocycles. The Hall–Kier alpha value is -1.39. The zero-order chi connectivity index (χ0) is 13.5. The van der Waals surface area contributed by atoms with Crippen LogP contribution in [0, 0.1) is 5.41 Å². The molecule has 19 heavy (non-hydrogen) atoms. The van der Waals surface area contributed by atoms with E-state index in [1.165, 1.54) is 30.5 Å². The van der Waals surface area contributed by atoms with E-state index in [0.29, 0.717) is 11.0 Å². The minimum absolute atomic E-state index is 0.365. The number of rotatable bonds is 1. The van der Waals surface area contributed by atoms with Crippen molar-refractivity contribution in [2.75, 3.05) is 20.1 Å². The first-order valence-corrected chi connectivity index (χ1v) is 6.87. The van der Waals surface area contributed by atoms with Gasteiger partial charge >= 0.3 is 0 Å². The molecule has 4 nitrogen and oxygen atoms in total. The Kier molecular flexibility index (Phi) is 3.07. The molecule has 1 spiro atoms. The smallest absolute Gasteiger partial charge is 0.274 e. The van der Waals surface area contributed by atoms with Crippen molar-refractivity contribution < 1.29 is 10.0 Å². The van der Waals surface area contributed by atoms with E-state index in [0.717, 1.165) is 19.4 Å². The van der Waals surface area contributed by atoms with Crippen molar-refractivity contribution in [3.05, 3.63) is 34.9 Å². The predicted octanol–water partition coefficient (Wildman–Crippen LogP) is 1.62. The van der Waals surface area contributed by atoms with Crippen LogP contribution in [0.25, 0.3) is 0 Å². The molecule has 1 aromatic carbocycles. The number of piperidine rings is 1. The van der Waals surface area contributed by atoms with Crippen LogP contribution in [0.15, 0.2) is 18.2 Å². The van der Waals surface area contributed by atoms with E-state index >= 15 is 0 Å². The van der Waals surface area contributed by atoms with E-state index in [1.807, 2.05) is 12.1 Å². The van der Waals surface area contributed by atoms with E-state index in [1.54, 1.807) is 11.5 Å². The Labute approximate surface area is 113 Å². The molecule has 1 aliphatic heterocycles. The molecule has 2 N–H and O–H groups in total. The second-order valence-electron chi connectivity index (χ2n) is 6.12. The summed E-state index contributed by atoms with van der Waals surface area (Å²) in [6, 6.07) is 5.78. The molecule has 1 fully saturated rings. The number of nitrogens with one attached hydrogen (secondary N) is 1. The largest absolute Gasteiger partial charge is 0.306 e. The average molecular weight is 260 g/mol. The molecular weight excluding hydrogens is 240 g/mol. The van der Waals surface area contributed by atoms with Crippen LogP contribution in [-0.2, 0) is 12.8 Å². The molecule has 0 aromatic heterocycles. The van der Waals surface area contributed by atoms with Gasteiger partial charge in [0, 0.05) is 12.1 Å². The molecule has 0 bridgehead atoms. The highest BCUT2D eigenvalue weighted by Crippen LogP contribution is 2.43. The van der Waals surface area contributed by atoms with Crippen LogP contribution in [0.3, 0.4) is 0 Å². The summed E-state index contributed by atoms with van der Waals surface area (Å²) in [4.78, 5) is 13.9. The molecule has 0 radical (unpaired) electrons. The fourth-order valence-corrected chi connectivity index (χ4v) is 3.78. The number of hydrogen-bond acceptors (Lipinski definition) is 3. The molecule has 2 aliphatic rings. The maximum Gasteiger partial charge on any atom is 0.274 e. The molecular formula is C15H20N2O2. The molecule has 102 valence electrons. The van der Waals surface area contributed by atoms with Crippen molar-refractivity contribution in [2.24, 2.45) is 5.41 Å². The van der Waals surface area contributed by atoms with E-state index < -0.39 is 5.91 Å². The van der Waals surface area contributed by atoms with Gasteiger partial charge in [0.2, 0.25) is 0 Å². The van der Waals surface area contributed by atoms with Gasteiger partial charge in [0.25, 0.3) is 5.91 Å². The van der Waals surface area contributed by atoms with Gasteiger partial charge in [0.05, 0.1) is 0 Å². The van der Waals surface area contributed by atoms with Crippen molar-refractivity contribution >= 4 is 5.91 Å². The summed E-state index contributed by atoms with van der Waals surface area (Å²) in [5.74, 6) is -0.426. The van der Waals surface area contributed by atoms with Crippen LogP contribution >= 0.6 is 0 Å². The molecule has 4 heteroatoms. The normalized spacial score (nSPS) is 26.4. The number of amides is 1. The summed E-state index contributed by atoms with van der Waals surface area (Å²) in [6.07, 6.45) is 4.70. The molecule has 1 atom stereocenters. The van der Waals surface area contributed by atoms with Crippen LogP contribution in [0.5, 0.6) is 0 Å². The van der Waals surface area contributed by atoms with Crippen molar-refractivity contribution in [3.8, 4) is 0 Å². The van der Waals surface area contributed by atoms with E-state index in [9.17, 15) is 4.79 Å². The van der Waals surface area contributed by atoms with E-state index in [2.05, 4.69) is 11.9 Å². The summed E-state index contributed by atoms with van der Waals surface area (Å²) in [5.41, 5.74) is 5.25. The number of likely N-dealkylation sites (tertiary alicyclic amines) is 1. The second kappa shape index (κ2) is 4.62. The second-order valence-corrected chi connectivity index (χ2v) is 6.12. The summed E-state index contributed by atoms with van der Waals surface area (Å²) in [7, 11) is 2.19. The molecule has 1 saturated heterocycles. The Balaban J connectivity index is 1.85. The Morgan fingerprint density at radius 1 is 1.37 bits per heavy atom. The fourth-order valence-electron chi connectivity index (χ4n) is 3.78. The monoisotopic (exact) mass is 260 g/mol. The number of hydroxylamine groups is 1. The quantitative estimate of drug-likeness (QED) is 0.596. The van der Waals surface area contributed by atoms with Gasteiger partial charge in [-0.1, -0.05) is 6.07 Å². The zero-order valence-corrected chi connectivity index (χ0v) is 11.3. The lowest BCUT2D eigenvalue weighted by atomic mass is 9.77. The lowest BCUT2D eigenvalue weighted by Gasteiger charge is -2.38. The maximum absolute atomic E-state index is 11.5. The fraction of sp³-hybridized carbons (Fsp3) is 0.533. The van der Waals surface area contributed by atoms with Crippen LogP contribution in [0.2, 0.25) is 0 Å². The summed E-state index contributed by atoms with van der Waals surface area (Å²) in [5, 5.41) is 8.71. The van der Waals surface area contributed by atoms with Gasteiger partial charge in [-0.15, -0.1) is 0 Å². The van der Waals surface area contributed by atoms with Crippen LogP contribution in [0.4, 0.5) is 0 Å². The highest BCUT2D eigenvalue weighted by molar-refractivity contribution is 5.93. The van der Waals surface area contributed by atoms with Gasteiger partial charge in [-0.25, -0.2) is 5.48 Å². The van der Waals surface area contributed by atoms with Crippen LogP contribution in [-0.4, -0.2) is 36.2 Å². The van der Waals surface area contributed by atoms with Crippen molar-refractivity contribution in [1.29, 1.82) is 0 Å². The van der Waals surface area contributed by atoms with Gasteiger partial charge < -0.3 is 4.90 Å². The third-order valence-corrected chi connectivity index (χ3v) is 4.55. The number of carbonyl (C=O) groups excluding carboxylic acids is 1. The number of carbonyl (C=O) groups is 1. The van der Waals surface area contributed by atoms with Crippen molar-refractivity contribution in [2.45, 2.75) is 25.7 Å². The van der Waals surface area contributed by atoms with Gasteiger partial charge in [0.1, 0.15) is 0 Å². The number of fused-ring (bicyclic) bond motifs is 1. The SMILES string of the molecule is CN1CCCC2(Cc3ccc(C(=O)NO)cc3C2)C1. The number of hydrogen-bond donors (Lipinski definition) is 2. The topological polar surface area (TPSA) is 52.6 Å². The van der Waals surface area contributed by atoms with Gasteiger partial charge in [-0.3, -0.25) is 10.0 Å². The molecule has 1 amide bonds. The predicted molar refractivity (Wildman–Crippen MR) is 72.3 cm³/mol. The highest BCUT2D eigenvalue weighted by atomic mass is 16.5. The van der Waals surface area contributed by atoms with Crippen molar-refractivity contribution in [3.63, 3.8) is 0 Å². The zero-order valence-electron chi connectivity index (χ0n) is 11.3. The molecule has 1 aromatic rings. The lowest BCUT2D eigenvalue weighted by Crippen LogP contribution is -2.41. The van der Waals surface area contributed by atoms with Crippen molar-refractivity contribution in [1.82, 2.24) is 10.4 Å². The van der Waals surface area contributed by atoms with Crippen LogP contribution < -0.4 is 5.48 Å². The summed E-state index contributed by atoms with van der Waals surface area (Å²) in [6.45, 7) is 2.33. The Morgan fingerprint density at radius 2 is 2.16 bits per heavy atom. The third-order valence-electron chi connectivity index (χ3n) is 4.55. The van der Waals surface area contributed by atoms with Crippen LogP contribution in [0.1, 0.15) is 34.3 Å². The first-order valence-electron chi connectivity index (χ1n) is 6.87.